The predicted molar refractivity (Wildman–Crippen MR) is 110 cm³/mol. The van der Waals surface area contributed by atoms with Crippen LogP contribution in [0.5, 0.6) is 5.88 Å². The number of nitrogens with zero attached hydrogens (tertiary/aromatic N) is 3. The van der Waals surface area contributed by atoms with Crippen molar-refractivity contribution in [3.8, 4) is 5.88 Å². The van der Waals surface area contributed by atoms with Crippen LogP contribution in [0, 0.1) is 0 Å². The summed E-state index contributed by atoms with van der Waals surface area (Å²) in [7, 11) is 0. The quantitative estimate of drug-likeness (QED) is 0.395. The third-order valence-corrected chi connectivity index (χ3v) is 5.28. The summed E-state index contributed by atoms with van der Waals surface area (Å²) in [4.78, 5) is 4.29. The molecular formula is C20H13ClN4O2S. The first-order valence-corrected chi connectivity index (χ1v) is 9.73. The molecule has 2 aromatic carbocycles. The summed E-state index contributed by atoms with van der Waals surface area (Å²) in [6.45, 7) is 0.363. The Morgan fingerprint density at radius 3 is 2.86 bits per heavy atom. The second-order valence-corrected chi connectivity index (χ2v) is 7.41. The third kappa shape index (κ3) is 3.26. The highest BCUT2D eigenvalue weighted by atomic mass is 35.5. The lowest BCUT2D eigenvalue weighted by atomic mass is 10.2. The fourth-order valence-electron chi connectivity index (χ4n) is 2.85. The van der Waals surface area contributed by atoms with Crippen LogP contribution in [0.3, 0.4) is 0 Å². The summed E-state index contributed by atoms with van der Waals surface area (Å²) in [5, 5.41) is 13.1. The molecule has 0 aliphatic carbocycles. The van der Waals surface area contributed by atoms with E-state index < -0.39 is 0 Å². The summed E-state index contributed by atoms with van der Waals surface area (Å²) in [6, 6.07) is 15.2. The molecule has 28 heavy (non-hydrogen) atoms. The lowest BCUT2D eigenvalue weighted by Gasteiger charge is -2.09. The Morgan fingerprint density at radius 1 is 1.07 bits per heavy atom. The zero-order valence-corrected chi connectivity index (χ0v) is 16.0. The topological polar surface area (TPSA) is 73.1 Å². The highest BCUT2D eigenvalue weighted by molar-refractivity contribution is 7.16. The molecule has 0 fully saturated rings. The first kappa shape index (κ1) is 17.0. The number of anilines is 2. The average Bonchev–Trinajstić information content (AvgIpc) is 3.38. The van der Waals surface area contributed by atoms with Crippen molar-refractivity contribution in [2.75, 3.05) is 5.32 Å². The van der Waals surface area contributed by atoms with Gasteiger partial charge in [-0.25, -0.2) is 4.98 Å². The number of ether oxygens (including phenoxy) is 1. The van der Waals surface area contributed by atoms with E-state index in [1.54, 1.807) is 29.7 Å². The number of aromatic nitrogens is 3. The third-order valence-electron chi connectivity index (χ3n) is 4.23. The molecule has 0 saturated heterocycles. The van der Waals surface area contributed by atoms with Gasteiger partial charge in [0.2, 0.25) is 5.58 Å². The second kappa shape index (κ2) is 7.10. The molecule has 3 heterocycles. The minimum atomic E-state index is 0.353. The zero-order chi connectivity index (χ0) is 18.9. The van der Waals surface area contributed by atoms with Crippen LogP contribution in [0.2, 0.25) is 5.02 Å². The maximum absolute atomic E-state index is 5.93. The molecule has 0 amide bonds. The van der Waals surface area contributed by atoms with Gasteiger partial charge in [0.05, 0.1) is 27.4 Å². The summed E-state index contributed by atoms with van der Waals surface area (Å²) in [5.74, 6) is 0.940. The minimum absolute atomic E-state index is 0.353. The smallest absolute Gasteiger partial charge is 0.278 e. The maximum atomic E-state index is 5.93. The van der Waals surface area contributed by atoms with Crippen molar-refractivity contribution in [2.45, 2.75) is 6.61 Å². The van der Waals surface area contributed by atoms with E-state index in [4.69, 9.17) is 20.8 Å². The monoisotopic (exact) mass is 408 g/mol. The molecule has 0 saturated carbocycles. The number of benzene rings is 2. The van der Waals surface area contributed by atoms with Crippen molar-refractivity contribution >= 4 is 55.6 Å². The van der Waals surface area contributed by atoms with E-state index in [1.165, 1.54) is 0 Å². The van der Waals surface area contributed by atoms with E-state index in [0.29, 0.717) is 28.9 Å². The van der Waals surface area contributed by atoms with Gasteiger partial charge in [0.1, 0.15) is 6.61 Å². The molecule has 0 unspecified atom stereocenters. The van der Waals surface area contributed by atoms with Crippen molar-refractivity contribution in [3.63, 3.8) is 0 Å². The number of thiazole rings is 1. The van der Waals surface area contributed by atoms with Gasteiger partial charge in [-0.2, -0.15) is 0 Å². The molecule has 0 bridgehead atoms. The van der Waals surface area contributed by atoms with Crippen molar-refractivity contribution in [2.24, 2.45) is 0 Å². The Balaban J connectivity index is 1.39. The van der Waals surface area contributed by atoms with E-state index >= 15 is 0 Å². The van der Waals surface area contributed by atoms with Crippen LogP contribution in [0.15, 0.2) is 64.7 Å². The fraction of sp³-hybridized carbons (Fsp3) is 0.0500. The SMILES string of the molecule is Clc1ccc(Nc2nnc(OCc3ccc4ncsc4c3)c3occc23)cc1. The average molecular weight is 409 g/mol. The number of nitrogens with one attached hydrogen (secondary N) is 1. The van der Waals surface area contributed by atoms with Gasteiger partial charge in [-0.3, -0.25) is 0 Å². The number of rotatable bonds is 5. The second-order valence-electron chi connectivity index (χ2n) is 6.09. The van der Waals surface area contributed by atoms with Gasteiger partial charge >= 0.3 is 0 Å². The number of furan rings is 1. The number of fused-ring (bicyclic) bond motifs is 2. The number of hydrogen-bond acceptors (Lipinski definition) is 7. The Labute approximate surface area is 168 Å². The van der Waals surface area contributed by atoms with Crippen LogP contribution in [0.4, 0.5) is 11.5 Å². The van der Waals surface area contributed by atoms with Crippen LogP contribution in [0.25, 0.3) is 21.2 Å². The van der Waals surface area contributed by atoms with Crippen LogP contribution in [0.1, 0.15) is 5.56 Å². The summed E-state index contributed by atoms with van der Waals surface area (Å²) < 4.78 is 12.6. The first-order valence-electron chi connectivity index (χ1n) is 8.48. The molecular weight excluding hydrogens is 396 g/mol. The van der Waals surface area contributed by atoms with Crippen LogP contribution < -0.4 is 10.1 Å². The van der Waals surface area contributed by atoms with Gasteiger partial charge < -0.3 is 14.5 Å². The molecule has 3 aromatic heterocycles. The molecule has 0 atom stereocenters. The van der Waals surface area contributed by atoms with Crippen molar-refractivity contribution in [1.82, 2.24) is 15.2 Å². The Bertz CT molecular complexity index is 1270. The fourth-order valence-corrected chi connectivity index (χ4v) is 3.72. The van der Waals surface area contributed by atoms with Gasteiger partial charge in [0.25, 0.3) is 5.88 Å². The van der Waals surface area contributed by atoms with E-state index in [-0.39, 0.29) is 0 Å². The van der Waals surface area contributed by atoms with E-state index in [2.05, 4.69) is 26.6 Å². The molecule has 5 aromatic rings. The molecule has 6 nitrogen and oxygen atoms in total. The molecule has 5 rings (SSSR count). The molecule has 0 radical (unpaired) electrons. The molecule has 0 spiro atoms. The largest absolute Gasteiger partial charge is 0.469 e. The molecule has 0 aliphatic heterocycles. The molecule has 138 valence electrons. The van der Waals surface area contributed by atoms with E-state index in [1.807, 2.05) is 35.8 Å². The number of halogens is 1. The standard InChI is InChI=1S/C20H13ClN4O2S/c21-13-2-4-14(5-3-13)23-19-15-7-8-26-18(15)20(25-24-19)27-10-12-1-6-16-17(9-12)28-11-22-16/h1-9,11H,10H2,(H,23,24). The normalized spacial score (nSPS) is 11.2. The number of hydrogen-bond donors (Lipinski definition) is 1. The highest BCUT2D eigenvalue weighted by Gasteiger charge is 2.14. The van der Waals surface area contributed by atoms with Gasteiger partial charge in [-0.15, -0.1) is 21.5 Å². The van der Waals surface area contributed by atoms with Crippen molar-refractivity contribution in [1.29, 1.82) is 0 Å². The highest BCUT2D eigenvalue weighted by Crippen LogP contribution is 2.31. The summed E-state index contributed by atoms with van der Waals surface area (Å²) in [6.07, 6.45) is 1.59. The van der Waals surface area contributed by atoms with E-state index in [0.717, 1.165) is 26.9 Å². The first-order chi connectivity index (χ1) is 13.8. The lowest BCUT2D eigenvalue weighted by Crippen LogP contribution is -2.01. The Hall–Kier alpha value is -3.16. The summed E-state index contributed by atoms with van der Waals surface area (Å²) >= 11 is 7.53. The predicted octanol–water partition coefficient (Wildman–Crippen LogP) is 5.81. The van der Waals surface area contributed by atoms with Gasteiger partial charge in [0.15, 0.2) is 5.82 Å². The maximum Gasteiger partial charge on any atom is 0.278 e. The van der Waals surface area contributed by atoms with E-state index in [9.17, 15) is 0 Å². The Kier molecular flexibility index (Phi) is 4.31. The molecule has 8 heteroatoms. The van der Waals surface area contributed by atoms with Crippen LogP contribution >= 0.6 is 22.9 Å². The van der Waals surface area contributed by atoms with Gasteiger partial charge in [-0.05, 0) is 48.0 Å². The minimum Gasteiger partial charge on any atom is -0.469 e. The molecule has 1 N–H and O–H groups in total. The van der Waals surface area contributed by atoms with Crippen molar-refractivity contribution in [3.05, 3.63) is 70.9 Å². The Morgan fingerprint density at radius 2 is 1.96 bits per heavy atom. The lowest BCUT2D eigenvalue weighted by molar-refractivity contribution is 0.290. The van der Waals surface area contributed by atoms with Crippen LogP contribution in [-0.4, -0.2) is 15.2 Å². The van der Waals surface area contributed by atoms with Gasteiger partial charge in [-0.1, -0.05) is 17.7 Å². The van der Waals surface area contributed by atoms with Crippen LogP contribution in [-0.2, 0) is 6.61 Å². The molecule has 0 aliphatic rings. The zero-order valence-electron chi connectivity index (χ0n) is 14.4. The summed E-state index contributed by atoms with van der Waals surface area (Å²) in [5.41, 5.74) is 5.25. The van der Waals surface area contributed by atoms with Gasteiger partial charge in [0, 0.05) is 10.7 Å². The van der Waals surface area contributed by atoms with Crippen molar-refractivity contribution < 1.29 is 9.15 Å².